The van der Waals surface area contributed by atoms with E-state index in [-0.39, 0.29) is 28.6 Å². The highest BCUT2D eigenvalue weighted by Crippen LogP contribution is 2.42. The summed E-state index contributed by atoms with van der Waals surface area (Å²) in [4.78, 5) is 20.4. The summed E-state index contributed by atoms with van der Waals surface area (Å²) >= 11 is 5.82. The Morgan fingerprint density at radius 3 is 2.61 bits per heavy atom. The summed E-state index contributed by atoms with van der Waals surface area (Å²) in [6.45, 7) is 2.40. The van der Waals surface area contributed by atoms with Crippen molar-refractivity contribution in [2.45, 2.75) is 25.6 Å². The van der Waals surface area contributed by atoms with Gasteiger partial charge in [-0.15, -0.1) is 0 Å². The summed E-state index contributed by atoms with van der Waals surface area (Å²) in [6, 6.07) is 7.50. The minimum absolute atomic E-state index is 0.0828. The fourth-order valence-corrected chi connectivity index (χ4v) is 4.55. The lowest BCUT2D eigenvalue weighted by molar-refractivity contribution is -0.137. The topological polar surface area (TPSA) is 57.7 Å². The molecule has 1 aliphatic rings. The molecule has 6 nitrogen and oxygen atoms in total. The second-order valence-electron chi connectivity index (χ2n) is 8.82. The highest BCUT2D eigenvalue weighted by Gasteiger charge is 2.40. The lowest BCUT2D eigenvalue weighted by atomic mass is 10.1. The number of alkyl halides is 3. The van der Waals surface area contributed by atoms with Gasteiger partial charge >= 0.3 is 6.18 Å². The van der Waals surface area contributed by atoms with Crippen LogP contribution in [0.2, 0.25) is 5.02 Å². The fraction of sp³-hybridized carbons (Fsp3) is 0.308. The molecule has 0 fully saturated rings. The Morgan fingerprint density at radius 1 is 1.18 bits per heavy atom. The molecule has 4 rings (SSSR count). The Hall–Kier alpha value is -3.44. The Balaban J connectivity index is 1.78. The summed E-state index contributed by atoms with van der Waals surface area (Å²) in [5.41, 5.74) is 0.810. The number of hydrogen-bond donors (Lipinski definition) is 1. The molecule has 1 aromatic heterocycles. The van der Waals surface area contributed by atoms with Gasteiger partial charge in [-0.3, -0.25) is 4.79 Å². The number of fused-ring (bicyclic) bond motifs is 1. The summed E-state index contributed by atoms with van der Waals surface area (Å²) in [7, 11) is 2.86. The Morgan fingerprint density at radius 2 is 1.92 bits per heavy atom. The molecule has 202 valence electrons. The summed E-state index contributed by atoms with van der Waals surface area (Å²) < 4.78 is 74.2. The first-order valence-electron chi connectivity index (χ1n) is 11.5. The van der Waals surface area contributed by atoms with Crippen LogP contribution >= 0.6 is 11.6 Å². The fourth-order valence-electron chi connectivity index (χ4n) is 4.39. The highest BCUT2D eigenvalue weighted by molar-refractivity contribution is 6.31. The van der Waals surface area contributed by atoms with Crippen LogP contribution in [0.1, 0.15) is 16.8 Å². The van der Waals surface area contributed by atoms with E-state index in [1.54, 1.807) is 25.3 Å². The van der Waals surface area contributed by atoms with E-state index in [1.807, 2.05) is 0 Å². The van der Waals surface area contributed by atoms with Crippen LogP contribution in [0.5, 0.6) is 0 Å². The zero-order valence-corrected chi connectivity index (χ0v) is 21.4. The summed E-state index contributed by atoms with van der Waals surface area (Å²) in [5, 5.41) is 2.80. The van der Waals surface area contributed by atoms with E-state index >= 15 is 0 Å². The minimum Gasteiger partial charge on any atom is -0.383 e. The first kappa shape index (κ1) is 27.6. The third-order valence-corrected chi connectivity index (χ3v) is 6.47. The third kappa shape index (κ3) is 5.53. The van der Waals surface area contributed by atoms with Crippen LogP contribution in [0.15, 0.2) is 42.5 Å². The first-order chi connectivity index (χ1) is 17.9. The predicted octanol–water partition coefficient (Wildman–Crippen LogP) is 6.12. The van der Waals surface area contributed by atoms with Gasteiger partial charge in [0.25, 0.3) is 0 Å². The van der Waals surface area contributed by atoms with Crippen molar-refractivity contribution in [3.8, 4) is 0 Å². The molecule has 1 amide bonds. The molecule has 2 heterocycles. The van der Waals surface area contributed by atoms with Gasteiger partial charge < -0.3 is 19.9 Å². The third-order valence-electron chi connectivity index (χ3n) is 6.18. The smallest absolute Gasteiger partial charge is 0.383 e. The maximum absolute atomic E-state index is 14.6. The van der Waals surface area contributed by atoms with Crippen LogP contribution in [0, 0.1) is 18.6 Å². The number of carbonyl (C=O) groups excluding carboxylic acids is 1. The van der Waals surface area contributed by atoms with Crippen LogP contribution in [-0.4, -0.2) is 44.2 Å². The number of hydrogen-bond acceptors (Lipinski definition) is 5. The van der Waals surface area contributed by atoms with E-state index in [4.69, 9.17) is 16.3 Å². The molecule has 2 aromatic carbocycles. The van der Waals surface area contributed by atoms with Crippen LogP contribution in [0.4, 0.5) is 44.8 Å². The number of methoxy groups -OCH3 is 1. The molecule has 1 atom stereocenters. The van der Waals surface area contributed by atoms with E-state index in [9.17, 15) is 26.7 Å². The number of nitrogens with one attached hydrogen (secondary N) is 1. The molecule has 1 aliphatic heterocycles. The van der Waals surface area contributed by atoms with Gasteiger partial charge in [-0.2, -0.15) is 13.2 Å². The minimum atomic E-state index is -4.63. The van der Waals surface area contributed by atoms with E-state index in [0.29, 0.717) is 30.5 Å². The number of aryl methyl sites for hydroxylation is 1. The lowest BCUT2D eigenvalue weighted by Crippen LogP contribution is -2.45. The molecule has 0 saturated heterocycles. The van der Waals surface area contributed by atoms with Crippen LogP contribution in [-0.2, 0) is 22.1 Å². The van der Waals surface area contributed by atoms with Gasteiger partial charge in [0.2, 0.25) is 5.91 Å². The maximum Gasteiger partial charge on any atom is 0.416 e. The number of ether oxygens (including phenoxy) is 1. The van der Waals surface area contributed by atoms with Crippen molar-refractivity contribution in [2.75, 3.05) is 42.4 Å². The van der Waals surface area contributed by atoms with Gasteiger partial charge in [-0.1, -0.05) is 11.6 Å². The quantitative estimate of drug-likeness (QED) is 0.216. The van der Waals surface area contributed by atoms with Gasteiger partial charge in [0.1, 0.15) is 23.5 Å². The number of anilines is 4. The van der Waals surface area contributed by atoms with Gasteiger partial charge in [0.05, 0.1) is 22.9 Å². The van der Waals surface area contributed by atoms with Crippen LogP contribution < -0.4 is 15.1 Å². The largest absolute Gasteiger partial charge is 0.416 e. The van der Waals surface area contributed by atoms with E-state index < -0.39 is 35.3 Å². The predicted molar refractivity (Wildman–Crippen MR) is 135 cm³/mol. The molecule has 0 radical (unpaired) electrons. The lowest BCUT2D eigenvalue weighted by Gasteiger charge is -2.30. The SMILES string of the molecule is COCCNc1ccc2c(c1)C[C@@H](C(=O)N(C)c1cc(Cl)c(F)cc1F)N2c1cc(C(F)(F)F)cc(C)n1. The number of nitrogens with zero attached hydrogens (tertiary/aromatic N) is 3. The second kappa shape index (κ2) is 10.7. The summed E-state index contributed by atoms with van der Waals surface area (Å²) in [6.07, 6.45) is -4.53. The molecule has 3 aromatic rings. The molecule has 1 N–H and O–H groups in total. The maximum atomic E-state index is 14.6. The van der Waals surface area contributed by atoms with Crippen molar-refractivity contribution < 1.29 is 31.5 Å². The van der Waals surface area contributed by atoms with Gasteiger partial charge in [-0.25, -0.2) is 13.8 Å². The van der Waals surface area contributed by atoms with E-state index in [0.717, 1.165) is 28.8 Å². The number of halogens is 6. The number of amides is 1. The average Bonchev–Trinajstić information content (AvgIpc) is 3.23. The zero-order valence-electron chi connectivity index (χ0n) is 20.7. The van der Waals surface area contributed by atoms with Crippen molar-refractivity contribution in [3.63, 3.8) is 0 Å². The van der Waals surface area contributed by atoms with Crippen LogP contribution in [0.3, 0.4) is 0 Å². The van der Waals surface area contributed by atoms with Crippen LogP contribution in [0.25, 0.3) is 0 Å². The molecular weight excluding hydrogens is 531 g/mol. The average molecular weight is 555 g/mol. The molecule has 0 unspecified atom stereocenters. The van der Waals surface area contributed by atoms with Crippen molar-refractivity contribution in [1.29, 1.82) is 0 Å². The van der Waals surface area contributed by atoms with E-state index in [2.05, 4.69) is 10.3 Å². The number of benzene rings is 2. The summed E-state index contributed by atoms with van der Waals surface area (Å²) in [5.74, 6) is -2.72. The zero-order chi connectivity index (χ0) is 27.8. The number of rotatable bonds is 7. The number of carbonyl (C=O) groups is 1. The Kier molecular flexibility index (Phi) is 7.80. The van der Waals surface area contributed by atoms with Crippen molar-refractivity contribution in [1.82, 2.24) is 4.98 Å². The standard InChI is InChI=1S/C26H24ClF5N4O2/c1-14-8-16(26(30,31)32)11-24(34-14)36-21-5-4-17(33-6-7-38-3)9-15(21)10-23(36)25(37)35(2)22-12-18(27)19(28)13-20(22)29/h4-5,8-9,11-13,23,33H,6-7,10H2,1-3H3/t23-/m0/s1. The number of likely N-dealkylation sites (N-methyl/N-ethyl adjacent to an activating group) is 1. The van der Waals surface area contributed by atoms with Gasteiger partial charge in [0, 0.05) is 50.3 Å². The Labute approximate surface area is 221 Å². The highest BCUT2D eigenvalue weighted by atomic mass is 35.5. The van der Waals surface area contributed by atoms with Crippen molar-refractivity contribution in [2.24, 2.45) is 0 Å². The molecule has 0 spiro atoms. The van der Waals surface area contributed by atoms with Gasteiger partial charge in [0.15, 0.2) is 0 Å². The monoisotopic (exact) mass is 554 g/mol. The number of aromatic nitrogens is 1. The van der Waals surface area contributed by atoms with Crippen molar-refractivity contribution >= 4 is 40.4 Å². The Bertz CT molecular complexity index is 1370. The second-order valence-corrected chi connectivity index (χ2v) is 9.23. The van der Waals surface area contributed by atoms with Crippen molar-refractivity contribution in [3.05, 3.63) is 75.9 Å². The number of pyridine rings is 1. The molecule has 0 bridgehead atoms. The normalized spacial score (nSPS) is 15.0. The molecule has 0 aliphatic carbocycles. The molecule has 0 saturated carbocycles. The first-order valence-corrected chi connectivity index (χ1v) is 11.9. The van der Waals surface area contributed by atoms with Gasteiger partial charge in [-0.05, 0) is 48.9 Å². The van der Waals surface area contributed by atoms with E-state index in [1.165, 1.54) is 18.9 Å². The molecule has 38 heavy (non-hydrogen) atoms. The molecular formula is C26H24ClF5N4O2. The molecule has 12 heteroatoms.